The summed E-state index contributed by atoms with van der Waals surface area (Å²) in [7, 11) is 0. The van der Waals surface area contributed by atoms with Gasteiger partial charge in [0.2, 0.25) is 0 Å². The molecule has 0 fully saturated rings. The molecule has 0 amide bonds. The molecule has 0 aromatic carbocycles. The van der Waals surface area contributed by atoms with Crippen molar-refractivity contribution in [2.45, 2.75) is 33.2 Å². The van der Waals surface area contributed by atoms with E-state index in [2.05, 4.69) is 31.4 Å². The molecule has 0 unspecified atom stereocenters. The molecular formula is C10H18N2. The van der Waals surface area contributed by atoms with Crippen LogP contribution in [0.3, 0.4) is 0 Å². The molecule has 0 saturated heterocycles. The number of rotatable bonds is 5. The molecule has 0 bridgehead atoms. The minimum absolute atomic E-state index is 0.448. The Morgan fingerprint density at radius 2 is 2.17 bits per heavy atom. The van der Waals surface area contributed by atoms with Crippen molar-refractivity contribution < 1.29 is 0 Å². The highest BCUT2D eigenvalue weighted by Crippen LogP contribution is 2.02. The van der Waals surface area contributed by atoms with Crippen molar-refractivity contribution in [1.29, 1.82) is 5.26 Å². The third-order valence-electron chi connectivity index (χ3n) is 1.83. The predicted molar refractivity (Wildman–Crippen MR) is 51.8 cm³/mol. The zero-order chi connectivity index (χ0) is 9.56. The zero-order valence-electron chi connectivity index (χ0n) is 8.30. The first-order valence-corrected chi connectivity index (χ1v) is 4.33. The van der Waals surface area contributed by atoms with Gasteiger partial charge >= 0.3 is 0 Å². The summed E-state index contributed by atoms with van der Waals surface area (Å²) in [5.41, 5.74) is 1.18. The molecule has 0 saturated carbocycles. The highest BCUT2D eigenvalue weighted by molar-refractivity contribution is 4.90. The van der Waals surface area contributed by atoms with Crippen LogP contribution < -0.4 is 0 Å². The van der Waals surface area contributed by atoms with Crippen molar-refractivity contribution in [2.75, 3.05) is 13.1 Å². The van der Waals surface area contributed by atoms with Crippen molar-refractivity contribution in [3.63, 3.8) is 0 Å². The molecule has 0 spiro atoms. The molecule has 0 aliphatic rings. The van der Waals surface area contributed by atoms with E-state index < -0.39 is 0 Å². The van der Waals surface area contributed by atoms with E-state index in [4.69, 9.17) is 5.26 Å². The number of hydrogen-bond acceptors (Lipinski definition) is 2. The van der Waals surface area contributed by atoms with E-state index in [1.165, 1.54) is 5.57 Å². The van der Waals surface area contributed by atoms with Gasteiger partial charge in [0, 0.05) is 12.6 Å². The lowest BCUT2D eigenvalue weighted by atomic mass is 10.2. The molecular weight excluding hydrogens is 148 g/mol. The summed E-state index contributed by atoms with van der Waals surface area (Å²) >= 11 is 0. The molecule has 0 atom stereocenters. The second-order valence-corrected chi connectivity index (χ2v) is 3.43. The number of nitrogens with zero attached hydrogens (tertiary/aromatic N) is 2. The molecule has 0 rings (SSSR count). The van der Waals surface area contributed by atoms with Crippen LogP contribution in [0.2, 0.25) is 0 Å². The maximum Gasteiger partial charge on any atom is 0.0868 e. The molecule has 68 valence electrons. The number of hydrogen-bond donors (Lipinski definition) is 0. The van der Waals surface area contributed by atoms with Gasteiger partial charge in [0.05, 0.1) is 12.6 Å². The van der Waals surface area contributed by atoms with E-state index >= 15 is 0 Å². The molecule has 0 aliphatic carbocycles. The fraction of sp³-hybridized carbons (Fsp3) is 0.700. The van der Waals surface area contributed by atoms with Crippen LogP contribution in [0.25, 0.3) is 0 Å². The van der Waals surface area contributed by atoms with Gasteiger partial charge in [-0.1, -0.05) is 5.57 Å². The van der Waals surface area contributed by atoms with Gasteiger partial charge in [-0.3, -0.25) is 4.90 Å². The van der Waals surface area contributed by atoms with Crippen LogP contribution in [0.4, 0.5) is 0 Å². The van der Waals surface area contributed by atoms with Gasteiger partial charge < -0.3 is 0 Å². The van der Waals surface area contributed by atoms with E-state index in [0.29, 0.717) is 12.6 Å². The van der Waals surface area contributed by atoms with Crippen molar-refractivity contribution >= 4 is 0 Å². The van der Waals surface area contributed by atoms with Crippen molar-refractivity contribution in [2.24, 2.45) is 0 Å². The summed E-state index contributed by atoms with van der Waals surface area (Å²) in [5, 5.41) is 8.54. The Morgan fingerprint density at radius 3 is 2.50 bits per heavy atom. The topological polar surface area (TPSA) is 27.0 Å². The van der Waals surface area contributed by atoms with E-state index in [0.717, 1.165) is 13.0 Å². The average molecular weight is 166 g/mol. The molecule has 2 heteroatoms. The fourth-order valence-electron chi connectivity index (χ4n) is 0.945. The Bertz CT molecular complexity index is 177. The lowest BCUT2D eigenvalue weighted by Gasteiger charge is -2.23. The zero-order valence-corrected chi connectivity index (χ0v) is 8.30. The second-order valence-electron chi connectivity index (χ2n) is 3.43. The third kappa shape index (κ3) is 4.92. The molecule has 12 heavy (non-hydrogen) atoms. The summed E-state index contributed by atoms with van der Waals surface area (Å²) in [6, 6.07) is 2.62. The Kier molecular flexibility index (Phi) is 5.40. The maximum absolute atomic E-state index is 8.54. The highest BCUT2D eigenvalue weighted by atomic mass is 15.1. The largest absolute Gasteiger partial charge is 0.288 e. The lowest BCUT2D eigenvalue weighted by Crippen LogP contribution is -2.32. The Morgan fingerprint density at radius 1 is 1.58 bits per heavy atom. The average Bonchev–Trinajstić information content (AvgIpc) is 1.96. The van der Waals surface area contributed by atoms with Crippen LogP contribution in [0, 0.1) is 11.3 Å². The van der Waals surface area contributed by atoms with E-state index in [-0.39, 0.29) is 0 Å². The van der Waals surface area contributed by atoms with E-state index in [9.17, 15) is 0 Å². The SMILES string of the molecule is C=C(C)CCN(CC#N)C(C)C. The first kappa shape index (κ1) is 11.2. The highest BCUT2D eigenvalue weighted by Gasteiger charge is 2.07. The van der Waals surface area contributed by atoms with Crippen LogP contribution in [0.15, 0.2) is 12.2 Å². The summed E-state index contributed by atoms with van der Waals surface area (Å²) in [6.07, 6.45) is 0.986. The minimum Gasteiger partial charge on any atom is -0.288 e. The van der Waals surface area contributed by atoms with Gasteiger partial charge in [-0.15, -0.1) is 6.58 Å². The van der Waals surface area contributed by atoms with Crippen molar-refractivity contribution in [3.8, 4) is 6.07 Å². The summed E-state index contributed by atoms with van der Waals surface area (Å²) < 4.78 is 0. The normalized spacial score (nSPS) is 10.3. The van der Waals surface area contributed by atoms with Crippen LogP contribution >= 0.6 is 0 Å². The van der Waals surface area contributed by atoms with Gasteiger partial charge in [0.15, 0.2) is 0 Å². The molecule has 0 N–H and O–H groups in total. The maximum atomic E-state index is 8.54. The summed E-state index contributed by atoms with van der Waals surface area (Å²) in [4.78, 5) is 2.15. The van der Waals surface area contributed by atoms with Gasteiger partial charge in [-0.05, 0) is 27.2 Å². The monoisotopic (exact) mass is 166 g/mol. The third-order valence-corrected chi connectivity index (χ3v) is 1.83. The predicted octanol–water partition coefficient (Wildman–Crippen LogP) is 2.19. The number of nitriles is 1. The molecule has 0 heterocycles. The molecule has 0 aromatic rings. The Hall–Kier alpha value is -0.810. The van der Waals surface area contributed by atoms with Gasteiger partial charge in [0.25, 0.3) is 0 Å². The Balaban J connectivity index is 3.80. The summed E-state index contributed by atoms with van der Waals surface area (Å²) in [6.45, 7) is 11.5. The van der Waals surface area contributed by atoms with Gasteiger partial charge in [-0.25, -0.2) is 0 Å². The van der Waals surface area contributed by atoms with Crippen LogP contribution in [-0.4, -0.2) is 24.0 Å². The van der Waals surface area contributed by atoms with Crippen LogP contribution in [0.5, 0.6) is 0 Å². The van der Waals surface area contributed by atoms with Crippen molar-refractivity contribution in [3.05, 3.63) is 12.2 Å². The quantitative estimate of drug-likeness (QED) is 0.462. The molecule has 0 radical (unpaired) electrons. The van der Waals surface area contributed by atoms with Crippen LogP contribution in [0.1, 0.15) is 27.2 Å². The van der Waals surface area contributed by atoms with Gasteiger partial charge in [0.1, 0.15) is 0 Å². The standard InChI is InChI=1S/C10H18N2/c1-9(2)5-7-12(8-6-11)10(3)4/h10H,1,5,7-8H2,2-4H3. The molecule has 0 aliphatic heterocycles. The lowest BCUT2D eigenvalue weighted by molar-refractivity contribution is 0.252. The second kappa shape index (κ2) is 5.79. The fourth-order valence-corrected chi connectivity index (χ4v) is 0.945. The van der Waals surface area contributed by atoms with Gasteiger partial charge in [-0.2, -0.15) is 5.26 Å². The molecule has 0 aromatic heterocycles. The smallest absolute Gasteiger partial charge is 0.0868 e. The first-order chi connectivity index (χ1) is 5.57. The van der Waals surface area contributed by atoms with E-state index in [1.807, 2.05) is 6.92 Å². The Labute approximate surface area is 75.5 Å². The van der Waals surface area contributed by atoms with E-state index in [1.54, 1.807) is 0 Å². The minimum atomic E-state index is 0.448. The summed E-state index contributed by atoms with van der Waals surface area (Å²) in [5.74, 6) is 0. The first-order valence-electron chi connectivity index (χ1n) is 4.33. The molecule has 2 nitrogen and oxygen atoms in total. The van der Waals surface area contributed by atoms with Crippen molar-refractivity contribution in [1.82, 2.24) is 4.90 Å². The van der Waals surface area contributed by atoms with Crippen LogP contribution in [-0.2, 0) is 0 Å².